The minimum atomic E-state index is -3.86. The summed E-state index contributed by atoms with van der Waals surface area (Å²) in [5.41, 5.74) is 7.10. The second kappa shape index (κ2) is 8.61. The highest BCUT2D eigenvalue weighted by Crippen LogP contribution is 2.30. The topological polar surface area (TPSA) is 122 Å². The molecule has 0 unspecified atom stereocenters. The molecule has 0 saturated heterocycles. The number of hydrogen-bond acceptors (Lipinski definition) is 7. The second-order valence-electron chi connectivity index (χ2n) is 5.87. The van der Waals surface area contributed by atoms with E-state index in [1.165, 1.54) is 18.3 Å². The average Bonchev–Trinajstić information content (AvgIpc) is 3.22. The molecule has 0 radical (unpaired) electrons. The third-order valence-electron chi connectivity index (χ3n) is 3.96. The molecule has 9 heteroatoms. The molecule has 0 aliphatic carbocycles. The molecule has 28 heavy (non-hydrogen) atoms. The Hall–Kier alpha value is -2.59. The van der Waals surface area contributed by atoms with E-state index in [9.17, 15) is 13.2 Å². The molecule has 3 aromatic rings. The number of hydrogen-bond donors (Lipinski definition) is 3. The van der Waals surface area contributed by atoms with Crippen LogP contribution in [0.2, 0.25) is 0 Å². The Morgan fingerprint density at radius 3 is 2.54 bits per heavy atom. The van der Waals surface area contributed by atoms with E-state index < -0.39 is 15.7 Å². The van der Waals surface area contributed by atoms with Crippen molar-refractivity contribution in [1.29, 1.82) is 0 Å². The van der Waals surface area contributed by atoms with Gasteiger partial charge in [-0.25, -0.2) is 13.4 Å². The number of thiazole rings is 1. The standard InChI is InChI=1S/C19H19N3O4S2/c20-11-17-22-12-18(27-17)28(25,26)16-9-14(13-4-2-1-3-5-13)8-15(10-16)19(24)21-6-7-23/h1-5,8-10,12,23H,6-7,11,20H2,(H,21,24). The number of amides is 1. The van der Waals surface area contributed by atoms with Gasteiger partial charge in [0.1, 0.15) is 9.22 Å². The maximum atomic E-state index is 13.1. The van der Waals surface area contributed by atoms with Gasteiger partial charge in [0.25, 0.3) is 5.91 Å². The number of nitrogens with two attached hydrogens (primary N) is 1. The van der Waals surface area contributed by atoms with Crippen LogP contribution in [0.5, 0.6) is 0 Å². The first-order valence-electron chi connectivity index (χ1n) is 8.45. The molecule has 0 atom stereocenters. The summed E-state index contributed by atoms with van der Waals surface area (Å²) in [6.45, 7) is 0.0161. The van der Waals surface area contributed by atoms with Crippen molar-refractivity contribution in [2.75, 3.05) is 13.2 Å². The number of nitrogens with one attached hydrogen (secondary N) is 1. The number of aliphatic hydroxyl groups excluding tert-OH is 1. The van der Waals surface area contributed by atoms with Gasteiger partial charge < -0.3 is 16.2 Å². The molecule has 0 spiro atoms. The van der Waals surface area contributed by atoms with Crippen LogP contribution < -0.4 is 11.1 Å². The maximum absolute atomic E-state index is 13.1. The zero-order valence-electron chi connectivity index (χ0n) is 14.8. The van der Waals surface area contributed by atoms with Gasteiger partial charge in [0.15, 0.2) is 0 Å². The number of aromatic nitrogens is 1. The third kappa shape index (κ3) is 4.28. The maximum Gasteiger partial charge on any atom is 0.251 e. The van der Waals surface area contributed by atoms with Gasteiger partial charge in [-0.2, -0.15) is 0 Å². The lowest BCUT2D eigenvalue weighted by molar-refractivity contribution is 0.0944. The van der Waals surface area contributed by atoms with Gasteiger partial charge in [0, 0.05) is 18.7 Å². The van der Waals surface area contributed by atoms with Crippen LogP contribution in [-0.2, 0) is 16.4 Å². The Morgan fingerprint density at radius 2 is 1.89 bits per heavy atom. The molecule has 4 N–H and O–H groups in total. The number of sulfone groups is 1. The van der Waals surface area contributed by atoms with Crippen LogP contribution in [0, 0.1) is 0 Å². The summed E-state index contributed by atoms with van der Waals surface area (Å²) in [6, 6.07) is 13.7. The molecule has 1 aromatic heterocycles. The van der Waals surface area contributed by atoms with E-state index in [1.807, 2.05) is 30.3 Å². The average molecular weight is 418 g/mol. The van der Waals surface area contributed by atoms with Gasteiger partial charge >= 0.3 is 0 Å². The Balaban J connectivity index is 2.12. The lowest BCUT2D eigenvalue weighted by Crippen LogP contribution is -2.26. The Labute approximate surface area is 166 Å². The largest absolute Gasteiger partial charge is 0.395 e. The Bertz CT molecular complexity index is 1080. The molecule has 3 rings (SSSR count). The van der Waals surface area contributed by atoms with Crippen LogP contribution in [0.1, 0.15) is 15.4 Å². The van der Waals surface area contributed by atoms with Gasteiger partial charge in [-0.15, -0.1) is 11.3 Å². The van der Waals surface area contributed by atoms with E-state index in [0.29, 0.717) is 10.6 Å². The van der Waals surface area contributed by atoms with Crippen LogP contribution in [-0.4, -0.2) is 37.6 Å². The molecule has 0 aliphatic rings. The van der Waals surface area contributed by atoms with E-state index in [0.717, 1.165) is 16.9 Å². The summed E-state index contributed by atoms with van der Waals surface area (Å²) in [4.78, 5) is 16.4. The SMILES string of the molecule is NCc1ncc(S(=O)(=O)c2cc(C(=O)NCCO)cc(-c3ccccc3)c2)s1. The molecule has 2 aromatic carbocycles. The fourth-order valence-electron chi connectivity index (χ4n) is 2.58. The highest BCUT2D eigenvalue weighted by Gasteiger charge is 2.23. The van der Waals surface area contributed by atoms with Crippen LogP contribution in [0.3, 0.4) is 0 Å². The number of carbonyl (C=O) groups excluding carboxylic acids is 1. The van der Waals surface area contributed by atoms with Crippen LogP contribution in [0.25, 0.3) is 11.1 Å². The van der Waals surface area contributed by atoms with E-state index in [4.69, 9.17) is 10.8 Å². The minimum absolute atomic E-state index is 0.00442. The van der Waals surface area contributed by atoms with E-state index in [1.54, 1.807) is 6.07 Å². The molecule has 0 fully saturated rings. The van der Waals surface area contributed by atoms with Gasteiger partial charge in [-0.3, -0.25) is 4.79 Å². The van der Waals surface area contributed by atoms with Crippen molar-refractivity contribution in [3.8, 4) is 11.1 Å². The molecule has 1 amide bonds. The molecule has 0 bridgehead atoms. The van der Waals surface area contributed by atoms with Gasteiger partial charge in [-0.05, 0) is 29.3 Å². The van der Waals surface area contributed by atoms with Crippen molar-refractivity contribution in [3.05, 3.63) is 65.3 Å². The Kier molecular flexibility index (Phi) is 6.20. The van der Waals surface area contributed by atoms with E-state index in [2.05, 4.69) is 10.3 Å². The zero-order chi connectivity index (χ0) is 20.1. The molecule has 0 saturated carbocycles. The first-order chi connectivity index (χ1) is 13.5. The smallest absolute Gasteiger partial charge is 0.251 e. The van der Waals surface area contributed by atoms with Crippen molar-refractivity contribution < 1.29 is 18.3 Å². The van der Waals surface area contributed by atoms with Crippen molar-refractivity contribution in [2.24, 2.45) is 5.73 Å². The molecule has 1 heterocycles. The first-order valence-corrected chi connectivity index (χ1v) is 10.7. The highest BCUT2D eigenvalue weighted by molar-refractivity contribution is 7.93. The van der Waals surface area contributed by atoms with Crippen molar-refractivity contribution in [2.45, 2.75) is 15.6 Å². The monoisotopic (exact) mass is 417 g/mol. The zero-order valence-corrected chi connectivity index (χ0v) is 16.5. The first kappa shape index (κ1) is 20.2. The normalized spacial score (nSPS) is 11.4. The van der Waals surface area contributed by atoms with Crippen LogP contribution in [0.15, 0.2) is 63.8 Å². The quantitative estimate of drug-likeness (QED) is 0.539. The fraction of sp³-hybridized carbons (Fsp3) is 0.158. The second-order valence-corrected chi connectivity index (χ2v) is 9.16. The van der Waals surface area contributed by atoms with Crippen LogP contribution >= 0.6 is 11.3 Å². The lowest BCUT2D eigenvalue weighted by atomic mass is 10.0. The number of nitrogens with zero attached hydrogens (tertiary/aromatic N) is 1. The van der Waals surface area contributed by atoms with Crippen molar-refractivity contribution in [1.82, 2.24) is 10.3 Å². The van der Waals surface area contributed by atoms with E-state index in [-0.39, 0.29) is 34.4 Å². The number of rotatable bonds is 7. The Morgan fingerprint density at radius 1 is 1.14 bits per heavy atom. The highest BCUT2D eigenvalue weighted by atomic mass is 32.2. The summed E-state index contributed by atoms with van der Waals surface area (Å²) < 4.78 is 26.3. The molecule has 146 valence electrons. The van der Waals surface area contributed by atoms with Gasteiger partial charge in [0.2, 0.25) is 9.84 Å². The predicted octanol–water partition coefficient (Wildman–Crippen LogP) is 1.82. The minimum Gasteiger partial charge on any atom is -0.395 e. The summed E-state index contributed by atoms with van der Waals surface area (Å²) in [6.07, 6.45) is 1.28. The summed E-state index contributed by atoms with van der Waals surface area (Å²) in [5.74, 6) is -0.463. The molecule has 7 nitrogen and oxygen atoms in total. The summed E-state index contributed by atoms with van der Waals surface area (Å²) in [5, 5.41) is 12.0. The third-order valence-corrected chi connectivity index (χ3v) is 7.17. The lowest BCUT2D eigenvalue weighted by Gasteiger charge is -2.10. The molecule has 0 aliphatic heterocycles. The summed E-state index contributed by atoms with van der Waals surface area (Å²) in [7, 11) is -3.86. The van der Waals surface area contributed by atoms with Crippen molar-refractivity contribution in [3.63, 3.8) is 0 Å². The summed E-state index contributed by atoms with van der Waals surface area (Å²) >= 11 is 1.01. The van der Waals surface area contributed by atoms with Crippen molar-refractivity contribution >= 4 is 27.1 Å². The number of benzene rings is 2. The molecular weight excluding hydrogens is 398 g/mol. The predicted molar refractivity (Wildman–Crippen MR) is 107 cm³/mol. The van der Waals surface area contributed by atoms with Gasteiger partial charge in [-0.1, -0.05) is 30.3 Å². The number of aliphatic hydroxyl groups is 1. The molecular formula is C19H19N3O4S2. The van der Waals surface area contributed by atoms with Crippen LogP contribution in [0.4, 0.5) is 0 Å². The van der Waals surface area contributed by atoms with Gasteiger partial charge in [0.05, 0.1) is 17.7 Å². The number of carbonyl (C=O) groups is 1. The fourth-order valence-corrected chi connectivity index (χ4v) is 5.11. The van der Waals surface area contributed by atoms with E-state index >= 15 is 0 Å².